The van der Waals surface area contributed by atoms with Crippen LogP contribution in [-0.2, 0) is 20.8 Å². The number of benzene rings is 2. The number of hydrogen-bond donors (Lipinski definition) is 1. The number of carboxylic acids is 1. The molecule has 1 N–H and O–H groups in total. The lowest BCUT2D eigenvalue weighted by Gasteiger charge is -2.34. The predicted molar refractivity (Wildman–Crippen MR) is 131 cm³/mol. The first-order valence-corrected chi connectivity index (χ1v) is 11.6. The molecule has 5 rings (SSSR count). The maximum absolute atomic E-state index is 12.8. The average molecular weight is 483 g/mol. The van der Waals surface area contributed by atoms with Crippen molar-refractivity contribution < 1.29 is 24.2 Å². The van der Waals surface area contributed by atoms with Crippen LogP contribution in [0.1, 0.15) is 43.7 Å². The van der Waals surface area contributed by atoms with E-state index in [1.54, 1.807) is 17.0 Å². The fourth-order valence-corrected chi connectivity index (χ4v) is 5.34. The Morgan fingerprint density at radius 1 is 1.24 bits per heavy atom. The van der Waals surface area contributed by atoms with Gasteiger partial charge in [-0.15, -0.1) is 0 Å². The van der Waals surface area contributed by atoms with Crippen molar-refractivity contribution in [2.24, 2.45) is 0 Å². The molecule has 0 spiro atoms. The standard InChI is InChI=1S/C26H27ClN2O5/c1-13-10-18-20(15-6-8-16(27)9-7-15)19(23(24(30)31)34-26(3,4)5)14(2)21-22(18)28(13)11-17-12-33-25(32)29(17)21/h6-10,17,23H,11-12H2,1-5H3,(H,30,31)/t17-,23-/m0/s1. The van der Waals surface area contributed by atoms with Gasteiger partial charge in [0.25, 0.3) is 0 Å². The minimum atomic E-state index is -1.24. The number of aromatic nitrogens is 1. The molecule has 0 saturated carbocycles. The van der Waals surface area contributed by atoms with Crippen LogP contribution >= 0.6 is 11.6 Å². The molecular formula is C26H27ClN2O5. The van der Waals surface area contributed by atoms with Crippen LogP contribution in [0.15, 0.2) is 30.3 Å². The molecule has 3 aromatic rings. The largest absolute Gasteiger partial charge is 0.479 e. The van der Waals surface area contributed by atoms with Crippen LogP contribution < -0.4 is 4.90 Å². The molecule has 34 heavy (non-hydrogen) atoms. The zero-order chi connectivity index (χ0) is 24.5. The topological polar surface area (TPSA) is 81.0 Å². The molecule has 3 heterocycles. The van der Waals surface area contributed by atoms with E-state index in [2.05, 4.69) is 10.6 Å². The second-order valence-electron chi connectivity index (χ2n) is 9.98. The monoisotopic (exact) mass is 482 g/mol. The summed E-state index contributed by atoms with van der Waals surface area (Å²) in [5, 5.41) is 11.8. The van der Waals surface area contributed by atoms with Crippen molar-refractivity contribution in [3.63, 3.8) is 0 Å². The Bertz CT molecular complexity index is 1340. The number of fused-ring (bicyclic) bond motifs is 2. The fraction of sp³-hybridized carbons (Fsp3) is 0.385. The number of aliphatic carboxylic acids is 1. The van der Waals surface area contributed by atoms with Crippen LogP contribution in [0.3, 0.4) is 0 Å². The molecule has 7 nitrogen and oxygen atoms in total. The van der Waals surface area contributed by atoms with Crippen molar-refractivity contribution >= 4 is 40.3 Å². The van der Waals surface area contributed by atoms with E-state index in [0.717, 1.165) is 27.7 Å². The Hall–Kier alpha value is -3.03. The van der Waals surface area contributed by atoms with E-state index in [-0.39, 0.29) is 6.04 Å². The predicted octanol–water partition coefficient (Wildman–Crippen LogP) is 5.86. The smallest absolute Gasteiger partial charge is 0.414 e. The van der Waals surface area contributed by atoms with E-state index in [0.29, 0.717) is 35.0 Å². The molecule has 2 aromatic carbocycles. The summed E-state index contributed by atoms with van der Waals surface area (Å²) in [4.78, 5) is 27.1. The van der Waals surface area contributed by atoms with Crippen molar-refractivity contribution in [1.29, 1.82) is 0 Å². The highest BCUT2D eigenvalue weighted by atomic mass is 35.5. The summed E-state index contributed by atoms with van der Waals surface area (Å²) in [5.74, 6) is -1.09. The van der Waals surface area contributed by atoms with Crippen molar-refractivity contribution in [2.75, 3.05) is 11.5 Å². The van der Waals surface area contributed by atoms with Crippen LogP contribution in [0, 0.1) is 13.8 Å². The number of aryl methyl sites for hydroxylation is 1. The fourth-order valence-electron chi connectivity index (χ4n) is 5.21. The molecule has 2 atom stereocenters. The Balaban J connectivity index is 1.92. The molecule has 8 heteroatoms. The molecule has 2 aliphatic rings. The molecule has 178 valence electrons. The quantitative estimate of drug-likeness (QED) is 0.503. The van der Waals surface area contributed by atoms with Crippen LogP contribution in [0.2, 0.25) is 5.02 Å². The van der Waals surface area contributed by atoms with E-state index in [4.69, 9.17) is 21.1 Å². The summed E-state index contributed by atoms with van der Waals surface area (Å²) in [6, 6.07) is 9.28. The first-order chi connectivity index (χ1) is 16.0. The van der Waals surface area contributed by atoms with Crippen molar-refractivity contribution in [2.45, 2.75) is 58.9 Å². The Kier molecular flexibility index (Phi) is 5.18. The van der Waals surface area contributed by atoms with Crippen LogP contribution in [0.25, 0.3) is 22.0 Å². The highest BCUT2D eigenvalue weighted by Gasteiger charge is 2.43. The van der Waals surface area contributed by atoms with Gasteiger partial charge in [0.15, 0.2) is 6.10 Å². The van der Waals surface area contributed by atoms with E-state index in [9.17, 15) is 14.7 Å². The van der Waals surface area contributed by atoms with Gasteiger partial charge in [-0.1, -0.05) is 23.7 Å². The van der Waals surface area contributed by atoms with Crippen LogP contribution in [0.4, 0.5) is 10.5 Å². The summed E-state index contributed by atoms with van der Waals surface area (Å²) in [5.41, 5.74) is 4.75. The van der Waals surface area contributed by atoms with Gasteiger partial charge in [-0.25, -0.2) is 9.59 Å². The SMILES string of the molecule is Cc1c([C@H](OC(C)(C)C)C(=O)O)c(-c2ccc(Cl)cc2)c2cc(C)n3c2c1N1C(=O)OC[C@@H]1C3. The Morgan fingerprint density at radius 3 is 2.53 bits per heavy atom. The van der Waals surface area contributed by atoms with Gasteiger partial charge in [0, 0.05) is 28.2 Å². The number of ether oxygens (including phenoxy) is 2. The van der Waals surface area contributed by atoms with Gasteiger partial charge in [0.2, 0.25) is 0 Å². The molecule has 1 saturated heterocycles. The maximum Gasteiger partial charge on any atom is 0.414 e. The summed E-state index contributed by atoms with van der Waals surface area (Å²) < 4.78 is 13.7. The first kappa shape index (κ1) is 22.7. The number of amides is 1. The van der Waals surface area contributed by atoms with Gasteiger partial charge in [0.1, 0.15) is 6.61 Å². The normalized spacial score (nSPS) is 18.2. The summed E-state index contributed by atoms with van der Waals surface area (Å²) in [6.07, 6.45) is -1.65. The average Bonchev–Trinajstić information content (AvgIpc) is 3.29. The van der Waals surface area contributed by atoms with Gasteiger partial charge in [-0.3, -0.25) is 4.90 Å². The summed E-state index contributed by atoms with van der Waals surface area (Å²) in [6.45, 7) is 10.3. The third-order valence-electron chi connectivity index (χ3n) is 6.51. The van der Waals surface area contributed by atoms with Crippen LogP contribution in [-0.4, -0.2) is 40.0 Å². The Morgan fingerprint density at radius 2 is 1.91 bits per heavy atom. The number of halogens is 1. The third kappa shape index (κ3) is 3.46. The highest BCUT2D eigenvalue weighted by molar-refractivity contribution is 6.30. The molecular weight excluding hydrogens is 456 g/mol. The number of carboxylic acid groups (broad SMARTS) is 1. The van der Waals surface area contributed by atoms with Gasteiger partial charge >= 0.3 is 12.1 Å². The van der Waals surface area contributed by atoms with Gasteiger partial charge in [-0.05, 0) is 69.5 Å². The molecule has 0 unspecified atom stereocenters. The molecule has 1 fully saturated rings. The summed E-state index contributed by atoms with van der Waals surface area (Å²) in [7, 11) is 0. The van der Waals surface area contributed by atoms with Crippen molar-refractivity contribution in [3.05, 3.63) is 52.2 Å². The zero-order valence-electron chi connectivity index (χ0n) is 19.8. The van der Waals surface area contributed by atoms with Crippen LogP contribution in [0.5, 0.6) is 0 Å². The zero-order valence-corrected chi connectivity index (χ0v) is 20.6. The number of carbonyl (C=O) groups is 2. The van der Waals surface area contributed by atoms with Gasteiger partial charge < -0.3 is 19.1 Å². The molecule has 1 amide bonds. The Labute approximate surface area is 202 Å². The number of cyclic esters (lactones) is 1. The molecule has 0 bridgehead atoms. The van der Waals surface area contributed by atoms with Gasteiger partial charge in [0.05, 0.1) is 22.8 Å². The van der Waals surface area contributed by atoms with E-state index < -0.39 is 23.8 Å². The second kappa shape index (κ2) is 7.75. The second-order valence-corrected chi connectivity index (χ2v) is 10.4. The lowest BCUT2D eigenvalue weighted by Crippen LogP contribution is -2.41. The maximum atomic E-state index is 12.8. The minimum Gasteiger partial charge on any atom is -0.479 e. The number of hydrogen-bond acceptors (Lipinski definition) is 4. The third-order valence-corrected chi connectivity index (χ3v) is 6.76. The lowest BCUT2D eigenvalue weighted by atomic mass is 9.87. The summed E-state index contributed by atoms with van der Waals surface area (Å²) >= 11 is 6.17. The van der Waals surface area contributed by atoms with Crippen molar-refractivity contribution in [1.82, 2.24) is 4.57 Å². The number of carbonyl (C=O) groups excluding carboxylic acids is 1. The van der Waals surface area contributed by atoms with E-state index >= 15 is 0 Å². The molecule has 2 aliphatic heterocycles. The van der Waals surface area contributed by atoms with Crippen molar-refractivity contribution in [3.8, 4) is 11.1 Å². The van der Waals surface area contributed by atoms with E-state index in [1.165, 1.54) is 0 Å². The minimum absolute atomic E-state index is 0.144. The first-order valence-electron chi connectivity index (χ1n) is 11.3. The van der Waals surface area contributed by atoms with Gasteiger partial charge in [-0.2, -0.15) is 0 Å². The molecule has 0 aliphatic carbocycles. The highest BCUT2D eigenvalue weighted by Crippen LogP contribution is 2.49. The number of anilines is 1. The number of nitrogens with zero attached hydrogens (tertiary/aromatic N) is 2. The van der Waals surface area contributed by atoms with E-state index in [1.807, 2.05) is 46.8 Å². The lowest BCUT2D eigenvalue weighted by molar-refractivity contribution is -0.160. The number of rotatable bonds is 4. The molecule has 1 aromatic heterocycles. The molecule has 0 radical (unpaired) electrons.